The highest BCUT2D eigenvalue weighted by Crippen LogP contribution is 2.39. The molecular formula is C35H31F7N2O4. The Kier molecular flexibility index (Phi) is 10.9. The first-order chi connectivity index (χ1) is 22.5. The lowest BCUT2D eigenvalue weighted by Crippen LogP contribution is -2.36. The fourth-order valence-corrected chi connectivity index (χ4v) is 4.57. The van der Waals surface area contributed by atoms with Gasteiger partial charge in [0.2, 0.25) is 0 Å². The van der Waals surface area contributed by atoms with Crippen molar-refractivity contribution in [3.05, 3.63) is 113 Å². The SMILES string of the molecule is Cc1cc(N)ccc1-c1ccc(N)cc1COC(=O)/C=C/c1ccc(C(F)(F)Oc2ccc(OCCCC(F)(F)C(F)(F)F)cc2)cc1. The van der Waals surface area contributed by atoms with E-state index in [-0.39, 0.29) is 18.1 Å². The predicted molar refractivity (Wildman–Crippen MR) is 167 cm³/mol. The zero-order valence-electron chi connectivity index (χ0n) is 25.5. The highest BCUT2D eigenvalue weighted by molar-refractivity contribution is 5.87. The van der Waals surface area contributed by atoms with E-state index in [4.69, 9.17) is 25.7 Å². The van der Waals surface area contributed by atoms with Crippen molar-refractivity contribution in [1.82, 2.24) is 0 Å². The number of hydrogen-bond acceptors (Lipinski definition) is 6. The molecule has 0 fully saturated rings. The van der Waals surface area contributed by atoms with Crippen LogP contribution in [0.4, 0.5) is 42.1 Å². The third-order valence-corrected chi connectivity index (χ3v) is 7.09. The molecular weight excluding hydrogens is 645 g/mol. The Bertz CT molecular complexity index is 1740. The van der Waals surface area contributed by atoms with E-state index in [0.717, 1.165) is 47.0 Å². The molecule has 0 radical (unpaired) electrons. The van der Waals surface area contributed by atoms with Crippen molar-refractivity contribution in [2.24, 2.45) is 0 Å². The summed E-state index contributed by atoms with van der Waals surface area (Å²) in [5, 5.41) is 0. The molecule has 4 rings (SSSR count). The average Bonchev–Trinajstić information content (AvgIpc) is 3.02. The van der Waals surface area contributed by atoms with Gasteiger partial charge >= 0.3 is 24.2 Å². The molecule has 0 saturated heterocycles. The number of anilines is 2. The van der Waals surface area contributed by atoms with E-state index in [1.807, 2.05) is 25.1 Å². The zero-order chi connectivity index (χ0) is 35.1. The largest absolute Gasteiger partial charge is 0.494 e. The third-order valence-electron chi connectivity index (χ3n) is 7.09. The molecule has 0 aliphatic heterocycles. The quantitative estimate of drug-likeness (QED) is 0.0482. The van der Waals surface area contributed by atoms with Crippen LogP contribution in [0.25, 0.3) is 17.2 Å². The smallest absolute Gasteiger partial charge is 0.453 e. The van der Waals surface area contributed by atoms with Crippen LogP contribution in [0.2, 0.25) is 0 Å². The van der Waals surface area contributed by atoms with Crippen LogP contribution in [-0.4, -0.2) is 24.7 Å². The van der Waals surface area contributed by atoms with Crippen LogP contribution in [-0.2, 0) is 22.2 Å². The number of benzene rings is 4. The van der Waals surface area contributed by atoms with Gasteiger partial charge in [-0.05, 0) is 108 Å². The van der Waals surface area contributed by atoms with Crippen LogP contribution < -0.4 is 20.9 Å². The van der Waals surface area contributed by atoms with E-state index >= 15 is 0 Å². The summed E-state index contributed by atoms with van der Waals surface area (Å²) in [7, 11) is 0. The van der Waals surface area contributed by atoms with Gasteiger partial charge in [0.1, 0.15) is 18.1 Å². The van der Waals surface area contributed by atoms with Crippen LogP contribution in [0.3, 0.4) is 0 Å². The average molecular weight is 677 g/mol. The molecule has 0 aromatic heterocycles. The van der Waals surface area contributed by atoms with E-state index in [0.29, 0.717) is 22.5 Å². The van der Waals surface area contributed by atoms with Crippen LogP contribution in [0.5, 0.6) is 11.5 Å². The van der Waals surface area contributed by atoms with E-state index < -0.39 is 49.2 Å². The third kappa shape index (κ3) is 9.43. The van der Waals surface area contributed by atoms with Crippen molar-refractivity contribution in [3.8, 4) is 22.6 Å². The van der Waals surface area contributed by atoms with Crippen LogP contribution in [0, 0.1) is 6.92 Å². The molecule has 0 saturated carbocycles. The Labute approximate surface area is 271 Å². The standard InChI is InChI=1S/C35H31F7N2O4/c1-22-19-26(43)8-14-30(22)31-15-9-27(44)20-24(31)21-47-32(45)16-5-23-3-6-25(7-4-23)34(38,39)48-29-12-10-28(11-13-29)46-18-2-17-33(36,37)35(40,41)42/h3-16,19-20H,2,17-18,21,43-44H2,1H3/b16-5+. The summed E-state index contributed by atoms with van der Waals surface area (Å²) in [6, 6.07) is 20.4. The van der Waals surface area contributed by atoms with Crippen molar-refractivity contribution in [3.63, 3.8) is 0 Å². The number of carbonyl (C=O) groups is 1. The number of alkyl halides is 7. The Balaban J connectivity index is 1.29. The molecule has 4 N–H and O–H groups in total. The molecule has 0 amide bonds. The van der Waals surface area contributed by atoms with E-state index in [1.165, 1.54) is 30.3 Å². The Hall–Kier alpha value is -5.20. The molecule has 4 aromatic carbocycles. The summed E-state index contributed by atoms with van der Waals surface area (Å²) in [5.74, 6) is -5.68. The van der Waals surface area contributed by atoms with Gasteiger partial charge in [-0.3, -0.25) is 0 Å². The summed E-state index contributed by atoms with van der Waals surface area (Å²) in [6.45, 7) is 1.41. The number of ether oxygens (including phenoxy) is 3. The maximum Gasteiger partial charge on any atom is 0.453 e. The highest BCUT2D eigenvalue weighted by Gasteiger charge is 2.56. The van der Waals surface area contributed by atoms with Gasteiger partial charge in [0.25, 0.3) is 0 Å². The summed E-state index contributed by atoms with van der Waals surface area (Å²) in [6.07, 6.45) is -8.87. The lowest BCUT2D eigenvalue weighted by atomic mass is 9.95. The van der Waals surface area contributed by atoms with Gasteiger partial charge in [-0.25, -0.2) is 4.79 Å². The molecule has 0 unspecified atom stereocenters. The van der Waals surface area contributed by atoms with Crippen molar-refractivity contribution in [1.29, 1.82) is 0 Å². The fraction of sp³-hybridized carbons (Fsp3) is 0.229. The molecule has 48 heavy (non-hydrogen) atoms. The maximum atomic E-state index is 14.8. The summed E-state index contributed by atoms with van der Waals surface area (Å²) >= 11 is 0. The van der Waals surface area contributed by atoms with Gasteiger partial charge in [0.05, 0.1) is 12.2 Å². The number of nitrogens with two attached hydrogens (primary N) is 2. The minimum absolute atomic E-state index is 0.0656. The highest BCUT2D eigenvalue weighted by atomic mass is 19.4. The second-order valence-electron chi connectivity index (χ2n) is 10.8. The molecule has 0 spiro atoms. The van der Waals surface area contributed by atoms with E-state index in [9.17, 15) is 35.5 Å². The van der Waals surface area contributed by atoms with Crippen molar-refractivity contribution < 1.29 is 49.7 Å². The lowest BCUT2D eigenvalue weighted by molar-refractivity contribution is -0.284. The molecule has 0 atom stereocenters. The molecule has 0 aliphatic rings. The monoisotopic (exact) mass is 676 g/mol. The zero-order valence-corrected chi connectivity index (χ0v) is 25.5. The maximum absolute atomic E-state index is 14.8. The molecule has 6 nitrogen and oxygen atoms in total. The fourth-order valence-electron chi connectivity index (χ4n) is 4.57. The number of esters is 1. The molecule has 4 aromatic rings. The lowest BCUT2D eigenvalue weighted by Gasteiger charge is -2.19. The number of hydrogen-bond donors (Lipinski definition) is 2. The number of rotatable bonds is 13. The first-order valence-corrected chi connectivity index (χ1v) is 14.5. The van der Waals surface area contributed by atoms with Crippen molar-refractivity contribution >= 4 is 23.4 Å². The van der Waals surface area contributed by atoms with Gasteiger partial charge in [0.15, 0.2) is 0 Å². The minimum Gasteiger partial charge on any atom is -0.494 e. The number of aryl methyl sites for hydroxylation is 1. The minimum atomic E-state index is -5.65. The topological polar surface area (TPSA) is 96.8 Å². The van der Waals surface area contributed by atoms with Crippen molar-refractivity contribution in [2.75, 3.05) is 18.1 Å². The van der Waals surface area contributed by atoms with E-state index in [2.05, 4.69) is 0 Å². The molecule has 0 heterocycles. The number of halogens is 7. The van der Waals surface area contributed by atoms with Gasteiger partial charge in [-0.2, -0.15) is 30.7 Å². The molecule has 0 bridgehead atoms. The van der Waals surface area contributed by atoms with Gasteiger partial charge in [-0.15, -0.1) is 0 Å². The van der Waals surface area contributed by atoms with Crippen LogP contribution in [0.15, 0.2) is 91.0 Å². The first kappa shape index (κ1) is 35.7. The normalized spacial score (nSPS) is 12.2. The second-order valence-corrected chi connectivity index (χ2v) is 10.8. The summed E-state index contributed by atoms with van der Waals surface area (Å²) in [4.78, 5) is 12.5. The predicted octanol–water partition coefficient (Wildman–Crippen LogP) is 9.07. The Morgan fingerprint density at radius 1 is 0.771 bits per heavy atom. The molecule has 0 aliphatic carbocycles. The van der Waals surface area contributed by atoms with Crippen LogP contribution >= 0.6 is 0 Å². The Morgan fingerprint density at radius 3 is 2.00 bits per heavy atom. The van der Waals surface area contributed by atoms with Crippen LogP contribution in [0.1, 0.15) is 35.1 Å². The summed E-state index contributed by atoms with van der Waals surface area (Å²) in [5.41, 5.74) is 16.2. The number of nitrogen functional groups attached to an aromatic ring is 2. The molecule has 13 heteroatoms. The molecule has 254 valence electrons. The number of carbonyl (C=O) groups excluding carboxylic acids is 1. The van der Waals surface area contributed by atoms with Gasteiger partial charge in [0, 0.05) is 23.9 Å². The summed E-state index contributed by atoms with van der Waals surface area (Å²) < 4.78 is 108. The Morgan fingerprint density at radius 2 is 1.38 bits per heavy atom. The van der Waals surface area contributed by atoms with Gasteiger partial charge < -0.3 is 25.7 Å². The second kappa shape index (κ2) is 14.7. The van der Waals surface area contributed by atoms with Gasteiger partial charge in [-0.1, -0.05) is 24.3 Å². The van der Waals surface area contributed by atoms with Crippen molar-refractivity contribution in [2.45, 2.75) is 44.6 Å². The first-order valence-electron chi connectivity index (χ1n) is 14.5. The van der Waals surface area contributed by atoms with E-state index in [1.54, 1.807) is 18.2 Å².